The SMILES string of the molecule is COC(=O)c1cnc(C)cc1-c1cc(Cl)ccc1OC(F)(F)F. The molecule has 0 bridgehead atoms. The molecule has 0 aliphatic rings. The summed E-state index contributed by atoms with van der Waals surface area (Å²) >= 11 is 5.87. The van der Waals surface area contributed by atoms with Gasteiger partial charge in [0, 0.05) is 28.0 Å². The molecule has 2 rings (SSSR count). The number of ether oxygens (including phenoxy) is 2. The van der Waals surface area contributed by atoms with E-state index in [9.17, 15) is 18.0 Å². The van der Waals surface area contributed by atoms with Crippen LogP contribution >= 0.6 is 11.6 Å². The second-order valence-corrected chi connectivity index (χ2v) is 4.99. The third-order valence-electron chi connectivity index (χ3n) is 2.90. The fourth-order valence-electron chi connectivity index (χ4n) is 1.98. The van der Waals surface area contributed by atoms with Crippen LogP contribution in [0, 0.1) is 6.92 Å². The van der Waals surface area contributed by atoms with E-state index in [1.54, 1.807) is 6.92 Å². The van der Waals surface area contributed by atoms with Gasteiger partial charge in [-0.15, -0.1) is 13.2 Å². The number of esters is 1. The van der Waals surface area contributed by atoms with Crippen LogP contribution in [0.3, 0.4) is 0 Å². The van der Waals surface area contributed by atoms with Crippen molar-refractivity contribution in [2.45, 2.75) is 13.3 Å². The lowest BCUT2D eigenvalue weighted by molar-refractivity contribution is -0.274. The average molecular weight is 346 g/mol. The molecule has 1 heterocycles. The standard InChI is InChI=1S/C15H11ClF3NO3/c1-8-5-10(12(7-20-8)14(21)22-2)11-6-9(16)3-4-13(11)23-15(17,18)19/h3-7H,1-2H3. The van der Waals surface area contributed by atoms with Crippen molar-refractivity contribution in [2.75, 3.05) is 7.11 Å². The topological polar surface area (TPSA) is 48.4 Å². The van der Waals surface area contributed by atoms with Gasteiger partial charge < -0.3 is 9.47 Å². The smallest absolute Gasteiger partial charge is 0.465 e. The molecule has 0 unspecified atom stereocenters. The van der Waals surface area contributed by atoms with Gasteiger partial charge >= 0.3 is 12.3 Å². The van der Waals surface area contributed by atoms with Crippen molar-refractivity contribution in [3.05, 3.63) is 46.7 Å². The lowest BCUT2D eigenvalue weighted by Gasteiger charge is -2.15. The number of benzene rings is 1. The number of methoxy groups -OCH3 is 1. The Morgan fingerprint density at radius 3 is 2.52 bits per heavy atom. The number of hydrogen-bond donors (Lipinski definition) is 0. The Morgan fingerprint density at radius 1 is 1.22 bits per heavy atom. The molecule has 2 aromatic rings. The molecule has 4 nitrogen and oxygen atoms in total. The van der Waals surface area contributed by atoms with Gasteiger partial charge in [0.2, 0.25) is 0 Å². The molecule has 0 amide bonds. The molecular formula is C15H11ClF3NO3. The molecule has 1 aromatic carbocycles. The average Bonchev–Trinajstić information content (AvgIpc) is 2.47. The van der Waals surface area contributed by atoms with E-state index < -0.39 is 18.1 Å². The quantitative estimate of drug-likeness (QED) is 0.774. The van der Waals surface area contributed by atoms with Crippen molar-refractivity contribution in [3.8, 4) is 16.9 Å². The van der Waals surface area contributed by atoms with Crippen LogP contribution < -0.4 is 4.74 Å². The Kier molecular flexibility index (Phi) is 4.79. The van der Waals surface area contributed by atoms with Crippen molar-refractivity contribution in [3.63, 3.8) is 0 Å². The number of pyridine rings is 1. The number of carbonyl (C=O) groups excluding carboxylic acids is 1. The maximum atomic E-state index is 12.6. The highest BCUT2D eigenvalue weighted by Gasteiger charge is 2.32. The number of halogens is 4. The summed E-state index contributed by atoms with van der Waals surface area (Å²) in [7, 11) is 1.16. The van der Waals surface area contributed by atoms with Crippen molar-refractivity contribution in [1.29, 1.82) is 0 Å². The zero-order valence-electron chi connectivity index (χ0n) is 12.1. The van der Waals surface area contributed by atoms with Gasteiger partial charge in [0.05, 0.1) is 12.7 Å². The summed E-state index contributed by atoms with van der Waals surface area (Å²) in [5.74, 6) is -1.21. The lowest BCUT2D eigenvalue weighted by Crippen LogP contribution is -2.18. The number of alkyl halides is 3. The molecule has 0 saturated heterocycles. The number of rotatable bonds is 3. The van der Waals surface area contributed by atoms with E-state index in [1.807, 2.05) is 0 Å². The summed E-state index contributed by atoms with van der Waals surface area (Å²) in [6.45, 7) is 1.64. The molecule has 0 N–H and O–H groups in total. The van der Waals surface area contributed by atoms with E-state index in [1.165, 1.54) is 24.4 Å². The van der Waals surface area contributed by atoms with Gasteiger partial charge in [-0.25, -0.2) is 4.79 Å². The first-order chi connectivity index (χ1) is 10.7. The minimum Gasteiger partial charge on any atom is -0.465 e. The first kappa shape index (κ1) is 17.1. The Morgan fingerprint density at radius 2 is 1.91 bits per heavy atom. The molecule has 0 atom stereocenters. The van der Waals surface area contributed by atoms with Gasteiger partial charge in [-0.1, -0.05) is 11.6 Å². The highest BCUT2D eigenvalue weighted by Crippen LogP contribution is 2.37. The second-order valence-electron chi connectivity index (χ2n) is 4.55. The first-order valence-corrected chi connectivity index (χ1v) is 6.69. The maximum absolute atomic E-state index is 12.6. The van der Waals surface area contributed by atoms with E-state index in [0.717, 1.165) is 13.2 Å². The second kappa shape index (κ2) is 6.45. The molecule has 122 valence electrons. The number of nitrogens with zero attached hydrogens (tertiary/aromatic N) is 1. The molecule has 8 heteroatoms. The molecule has 0 spiro atoms. The largest absolute Gasteiger partial charge is 0.573 e. The van der Waals surface area contributed by atoms with Crippen LogP contribution in [0.1, 0.15) is 16.1 Å². The minimum atomic E-state index is -4.88. The Labute approximate surface area is 134 Å². The normalized spacial score (nSPS) is 11.2. The van der Waals surface area contributed by atoms with Crippen LogP contribution in [0.5, 0.6) is 5.75 Å². The Balaban J connectivity index is 2.68. The van der Waals surface area contributed by atoms with Crippen LogP contribution in [0.4, 0.5) is 13.2 Å². The zero-order valence-corrected chi connectivity index (χ0v) is 12.8. The Bertz CT molecular complexity index is 747. The van der Waals surface area contributed by atoms with Crippen molar-refractivity contribution < 1.29 is 27.4 Å². The van der Waals surface area contributed by atoms with Gasteiger partial charge in [-0.2, -0.15) is 0 Å². The van der Waals surface area contributed by atoms with Crippen molar-refractivity contribution in [1.82, 2.24) is 4.98 Å². The van der Waals surface area contributed by atoms with E-state index in [2.05, 4.69) is 14.5 Å². The fourth-order valence-corrected chi connectivity index (χ4v) is 2.15. The van der Waals surface area contributed by atoms with E-state index >= 15 is 0 Å². The molecule has 23 heavy (non-hydrogen) atoms. The summed E-state index contributed by atoms with van der Waals surface area (Å²) in [6, 6.07) is 5.09. The number of aromatic nitrogens is 1. The predicted octanol–water partition coefficient (Wildman–Crippen LogP) is 4.40. The lowest BCUT2D eigenvalue weighted by atomic mass is 9.99. The molecule has 0 aliphatic carbocycles. The summed E-state index contributed by atoms with van der Waals surface area (Å²) in [6.07, 6.45) is -3.65. The van der Waals surface area contributed by atoms with Crippen LogP contribution in [0.2, 0.25) is 5.02 Å². The van der Waals surface area contributed by atoms with Gasteiger partial charge in [-0.05, 0) is 31.2 Å². The van der Waals surface area contributed by atoms with Gasteiger partial charge in [-0.3, -0.25) is 4.98 Å². The molecule has 0 fully saturated rings. The molecular weight excluding hydrogens is 335 g/mol. The first-order valence-electron chi connectivity index (χ1n) is 6.32. The number of hydrogen-bond acceptors (Lipinski definition) is 4. The van der Waals surface area contributed by atoms with Gasteiger partial charge in [0.25, 0.3) is 0 Å². The zero-order chi connectivity index (χ0) is 17.2. The molecule has 0 saturated carbocycles. The van der Waals surface area contributed by atoms with Crippen molar-refractivity contribution >= 4 is 17.6 Å². The highest BCUT2D eigenvalue weighted by atomic mass is 35.5. The number of aryl methyl sites for hydroxylation is 1. The predicted molar refractivity (Wildman–Crippen MR) is 77.4 cm³/mol. The summed E-state index contributed by atoms with van der Waals surface area (Å²) in [5, 5.41) is 0.194. The minimum absolute atomic E-state index is 0.00684. The van der Waals surface area contributed by atoms with E-state index in [-0.39, 0.29) is 21.7 Å². The molecule has 0 aliphatic heterocycles. The van der Waals surface area contributed by atoms with Gasteiger partial charge in [0.15, 0.2) is 0 Å². The summed E-state index contributed by atoms with van der Waals surface area (Å²) in [4.78, 5) is 15.8. The van der Waals surface area contributed by atoms with Crippen LogP contribution in [0.15, 0.2) is 30.5 Å². The van der Waals surface area contributed by atoms with Crippen LogP contribution in [-0.2, 0) is 4.74 Å². The molecule has 1 aromatic heterocycles. The fraction of sp³-hybridized carbons (Fsp3) is 0.200. The molecule has 0 radical (unpaired) electrons. The maximum Gasteiger partial charge on any atom is 0.573 e. The Hall–Kier alpha value is -2.28. The summed E-state index contributed by atoms with van der Waals surface area (Å²) in [5.41, 5.74) is 0.713. The van der Waals surface area contributed by atoms with E-state index in [0.29, 0.717) is 5.69 Å². The number of carbonyl (C=O) groups is 1. The highest BCUT2D eigenvalue weighted by molar-refractivity contribution is 6.31. The van der Waals surface area contributed by atoms with Gasteiger partial charge in [0.1, 0.15) is 5.75 Å². The third kappa shape index (κ3) is 4.13. The third-order valence-corrected chi connectivity index (χ3v) is 3.14. The summed E-state index contributed by atoms with van der Waals surface area (Å²) < 4.78 is 46.4. The van der Waals surface area contributed by atoms with Crippen LogP contribution in [-0.4, -0.2) is 24.4 Å². The monoisotopic (exact) mass is 345 g/mol. The van der Waals surface area contributed by atoms with Crippen molar-refractivity contribution in [2.24, 2.45) is 0 Å². The van der Waals surface area contributed by atoms with Crippen LogP contribution in [0.25, 0.3) is 11.1 Å². The van der Waals surface area contributed by atoms with E-state index in [4.69, 9.17) is 11.6 Å².